The van der Waals surface area contributed by atoms with Crippen molar-refractivity contribution in [2.24, 2.45) is 7.05 Å². The van der Waals surface area contributed by atoms with Crippen molar-refractivity contribution >= 4 is 11.4 Å². The summed E-state index contributed by atoms with van der Waals surface area (Å²) in [6.45, 7) is 3.10. The molecule has 0 saturated carbocycles. The fraction of sp³-hybridized carbons (Fsp3) is 0.357. The van der Waals surface area contributed by atoms with E-state index in [2.05, 4.69) is 10.00 Å². The molecular weight excluding hydrogens is 272 g/mol. The van der Waals surface area contributed by atoms with E-state index in [1.165, 1.54) is 6.07 Å². The molecule has 1 aliphatic heterocycles. The standard InChI is InChI=1S/C14H16N4O3/c1-9-7-10(3-4-12(9)18(20)21)17-6-5-11-13(8-17)16(2)15-14(11)19/h3-4,7H,5-6,8H2,1-2H3,(H,15,19). The highest BCUT2D eigenvalue weighted by atomic mass is 16.6. The van der Waals surface area contributed by atoms with Crippen LogP contribution in [0.15, 0.2) is 23.0 Å². The van der Waals surface area contributed by atoms with Gasteiger partial charge in [0.2, 0.25) is 0 Å². The maximum atomic E-state index is 11.7. The van der Waals surface area contributed by atoms with Crippen LogP contribution < -0.4 is 10.5 Å². The Kier molecular flexibility index (Phi) is 3.04. The largest absolute Gasteiger partial charge is 0.365 e. The number of H-pyrrole nitrogens is 1. The summed E-state index contributed by atoms with van der Waals surface area (Å²) in [4.78, 5) is 24.4. The average Bonchev–Trinajstić information content (AvgIpc) is 2.73. The van der Waals surface area contributed by atoms with E-state index >= 15 is 0 Å². The van der Waals surface area contributed by atoms with E-state index in [4.69, 9.17) is 0 Å². The summed E-state index contributed by atoms with van der Waals surface area (Å²) in [5, 5.41) is 13.6. The van der Waals surface area contributed by atoms with Crippen molar-refractivity contribution in [3.8, 4) is 0 Å². The van der Waals surface area contributed by atoms with Gasteiger partial charge < -0.3 is 4.90 Å². The van der Waals surface area contributed by atoms with E-state index in [0.717, 1.165) is 23.5 Å². The predicted octanol–water partition coefficient (Wildman–Crippen LogP) is 1.49. The van der Waals surface area contributed by atoms with Gasteiger partial charge in [-0.1, -0.05) is 0 Å². The van der Waals surface area contributed by atoms with Gasteiger partial charge in [0.1, 0.15) is 0 Å². The molecule has 1 aliphatic rings. The van der Waals surface area contributed by atoms with Crippen molar-refractivity contribution in [1.82, 2.24) is 9.78 Å². The Morgan fingerprint density at radius 1 is 1.38 bits per heavy atom. The molecule has 0 bridgehead atoms. The maximum Gasteiger partial charge on any atom is 0.272 e. The van der Waals surface area contributed by atoms with Gasteiger partial charge in [-0.25, -0.2) is 0 Å². The van der Waals surface area contributed by atoms with Gasteiger partial charge in [0.25, 0.3) is 11.2 Å². The molecule has 0 amide bonds. The van der Waals surface area contributed by atoms with Gasteiger partial charge in [0.05, 0.1) is 17.2 Å². The summed E-state index contributed by atoms with van der Waals surface area (Å²) >= 11 is 0. The summed E-state index contributed by atoms with van der Waals surface area (Å²) in [6, 6.07) is 5.13. The van der Waals surface area contributed by atoms with Crippen LogP contribution in [0.4, 0.5) is 11.4 Å². The van der Waals surface area contributed by atoms with E-state index in [9.17, 15) is 14.9 Å². The number of fused-ring (bicyclic) bond motifs is 1. The lowest BCUT2D eigenvalue weighted by Gasteiger charge is -2.29. The molecule has 1 N–H and O–H groups in total. The van der Waals surface area contributed by atoms with Crippen molar-refractivity contribution in [1.29, 1.82) is 0 Å². The third kappa shape index (κ3) is 2.20. The molecule has 1 aromatic carbocycles. The SMILES string of the molecule is Cc1cc(N2CCc3c(n(C)[nH]c3=O)C2)ccc1[N+](=O)[O-]. The monoisotopic (exact) mass is 288 g/mol. The van der Waals surface area contributed by atoms with Gasteiger partial charge in [-0.05, 0) is 25.5 Å². The van der Waals surface area contributed by atoms with E-state index in [1.54, 1.807) is 17.7 Å². The summed E-state index contributed by atoms with van der Waals surface area (Å²) in [5.74, 6) is 0. The minimum atomic E-state index is -0.372. The summed E-state index contributed by atoms with van der Waals surface area (Å²) < 4.78 is 1.75. The van der Waals surface area contributed by atoms with Crippen molar-refractivity contribution < 1.29 is 4.92 Å². The first-order valence-electron chi connectivity index (χ1n) is 6.74. The van der Waals surface area contributed by atoms with Crippen LogP contribution in [-0.4, -0.2) is 21.2 Å². The number of nitro groups is 1. The number of benzene rings is 1. The molecule has 7 nitrogen and oxygen atoms in total. The topological polar surface area (TPSA) is 84.2 Å². The highest BCUT2D eigenvalue weighted by Gasteiger charge is 2.23. The zero-order valence-corrected chi connectivity index (χ0v) is 11.9. The summed E-state index contributed by atoms with van der Waals surface area (Å²) in [7, 11) is 1.82. The van der Waals surface area contributed by atoms with Gasteiger partial charge >= 0.3 is 0 Å². The molecule has 3 rings (SSSR count). The van der Waals surface area contributed by atoms with Crippen LogP contribution in [0.5, 0.6) is 0 Å². The second-order valence-electron chi connectivity index (χ2n) is 5.32. The number of anilines is 1. The van der Waals surface area contributed by atoms with Crippen molar-refractivity contribution in [3.05, 3.63) is 55.5 Å². The molecule has 21 heavy (non-hydrogen) atoms. The summed E-state index contributed by atoms with van der Waals surface area (Å²) in [6.07, 6.45) is 0.682. The van der Waals surface area contributed by atoms with Crippen LogP contribution in [0.25, 0.3) is 0 Å². The van der Waals surface area contributed by atoms with Crippen molar-refractivity contribution in [2.75, 3.05) is 11.4 Å². The Balaban J connectivity index is 1.93. The summed E-state index contributed by atoms with van der Waals surface area (Å²) in [5.41, 5.74) is 3.51. The maximum absolute atomic E-state index is 11.7. The smallest absolute Gasteiger partial charge is 0.272 e. The predicted molar refractivity (Wildman–Crippen MR) is 78.6 cm³/mol. The van der Waals surface area contributed by atoms with Crippen LogP contribution in [0.3, 0.4) is 0 Å². The molecule has 0 spiro atoms. The fourth-order valence-electron chi connectivity index (χ4n) is 2.85. The van der Waals surface area contributed by atoms with Gasteiger partial charge in [0, 0.05) is 36.5 Å². The molecule has 0 fully saturated rings. The van der Waals surface area contributed by atoms with Gasteiger partial charge in [-0.15, -0.1) is 0 Å². The third-order valence-corrected chi connectivity index (χ3v) is 4.01. The van der Waals surface area contributed by atoms with Crippen LogP contribution in [0.1, 0.15) is 16.8 Å². The number of nitrogens with one attached hydrogen (secondary N) is 1. The Morgan fingerprint density at radius 3 is 2.81 bits per heavy atom. The number of hydrogen-bond acceptors (Lipinski definition) is 4. The first-order valence-corrected chi connectivity index (χ1v) is 6.74. The first-order chi connectivity index (χ1) is 9.97. The van der Waals surface area contributed by atoms with Gasteiger partial charge in [0.15, 0.2) is 0 Å². The Labute approximate surface area is 120 Å². The van der Waals surface area contributed by atoms with Crippen LogP contribution in [0, 0.1) is 17.0 Å². The molecule has 2 heterocycles. The molecule has 110 valence electrons. The number of nitrogens with zero attached hydrogens (tertiary/aromatic N) is 3. The molecule has 1 aromatic heterocycles. The molecule has 2 aromatic rings. The first kappa shape index (κ1) is 13.4. The highest BCUT2D eigenvalue weighted by Crippen LogP contribution is 2.27. The molecule has 0 atom stereocenters. The van der Waals surface area contributed by atoms with Crippen molar-refractivity contribution in [2.45, 2.75) is 19.9 Å². The Hall–Kier alpha value is -2.57. The molecule has 0 radical (unpaired) electrons. The molecule has 0 aliphatic carbocycles. The zero-order chi connectivity index (χ0) is 15.1. The molecule has 7 heteroatoms. The highest BCUT2D eigenvalue weighted by molar-refractivity contribution is 5.56. The van der Waals surface area contributed by atoms with Gasteiger partial charge in [-0.3, -0.25) is 24.7 Å². The third-order valence-electron chi connectivity index (χ3n) is 4.01. The number of nitro benzene ring substituents is 1. The quantitative estimate of drug-likeness (QED) is 0.670. The second kappa shape index (κ2) is 4.76. The number of rotatable bonds is 2. The van der Waals surface area contributed by atoms with E-state index in [0.29, 0.717) is 18.5 Å². The van der Waals surface area contributed by atoms with E-state index < -0.39 is 0 Å². The zero-order valence-electron chi connectivity index (χ0n) is 11.9. The minimum Gasteiger partial charge on any atom is -0.365 e. The Morgan fingerprint density at radius 2 is 2.14 bits per heavy atom. The Bertz CT molecular complexity index is 775. The van der Waals surface area contributed by atoms with E-state index in [1.807, 2.05) is 13.1 Å². The second-order valence-corrected chi connectivity index (χ2v) is 5.32. The van der Waals surface area contributed by atoms with Gasteiger partial charge in [-0.2, -0.15) is 0 Å². The number of aromatic amines is 1. The number of hydrogen-bond donors (Lipinski definition) is 1. The lowest BCUT2D eigenvalue weighted by molar-refractivity contribution is -0.385. The molecule has 0 saturated heterocycles. The number of aromatic nitrogens is 2. The van der Waals surface area contributed by atoms with Crippen LogP contribution in [-0.2, 0) is 20.0 Å². The van der Waals surface area contributed by atoms with E-state index in [-0.39, 0.29) is 16.2 Å². The minimum absolute atomic E-state index is 0.0213. The normalized spacial score (nSPS) is 14.1. The molecule has 0 unspecified atom stereocenters. The lowest BCUT2D eigenvalue weighted by atomic mass is 10.1. The fourth-order valence-corrected chi connectivity index (χ4v) is 2.85. The molecular formula is C14H16N4O3. The van der Waals surface area contributed by atoms with Crippen LogP contribution >= 0.6 is 0 Å². The average molecular weight is 288 g/mol. The van der Waals surface area contributed by atoms with Crippen LogP contribution in [0.2, 0.25) is 0 Å². The van der Waals surface area contributed by atoms with Crippen molar-refractivity contribution in [3.63, 3.8) is 0 Å². The number of aryl methyl sites for hydroxylation is 2. The lowest BCUT2D eigenvalue weighted by Crippen LogP contribution is -2.32.